The Bertz CT molecular complexity index is 1130. The molecule has 0 spiro atoms. The van der Waals surface area contributed by atoms with Crippen molar-refractivity contribution in [1.82, 2.24) is 4.72 Å². The average molecular weight is 408 g/mol. The van der Waals surface area contributed by atoms with Crippen molar-refractivity contribution in [2.24, 2.45) is 0 Å². The first-order chi connectivity index (χ1) is 14.0. The standard InChI is InChI=1S/C22H20N2O4S/c25-22(16-6-4-11-21(14-16)29(26,27)24-17-12-13-17)23-18-7-5-10-20(15-18)28-19-8-2-1-3-9-19/h1-11,14-15,17,24H,12-13H2,(H,23,25). The van der Waals surface area contributed by atoms with Crippen LogP contribution in [0, 0.1) is 0 Å². The summed E-state index contributed by atoms with van der Waals surface area (Å²) < 4.78 is 33.1. The summed E-state index contributed by atoms with van der Waals surface area (Å²) in [5, 5.41) is 2.78. The van der Waals surface area contributed by atoms with Crippen LogP contribution in [0.2, 0.25) is 0 Å². The molecule has 1 amide bonds. The molecule has 4 rings (SSSR count). The van der Waals surface area contributed by atoms with E-state index in [0.29, 0.717) is 17.2 Å². The SMILES string of the molecule is O=C(Nc1cccc(Oc2ccccc2)c1)c1cccc(S(=O)(=O)NC2CC2)c1. The van der Waals surface area contributed by atoms with Crippen molar-refractivity contribution in [2.45, 2.75) is 23.8 Å². The van der Waals surface area contributed by atoms with E-state index < -0.39 is 15.9 Å². The molecule has 3 aromatic rings. The van der Waals surface area contributed by atoms with Crippen LogP contribution in [0.15, 0.2) is 83.8 Å². The highest BCUT2D eigenvalue weighted by Gasteiger charge is 2.28. The minimum absolute atomic E-state index is 0.00448. The molecular weight excluding hydrogens is 388 g/mol. The second-order valence-electron chi connectivity index (χ2n) is 6.82. The molecule has 2 N–H and O–H groups in total. The van der Waals surface area contributed by atoms with Crippen molar-refractivity contribution in [3.8, 4) is 11.5 Å². The number of amides is 1. The molecule has 3 aromatic carbocycles. The molecule has 0 radical (unpaired) electrons. The van der Waals surface area contributed by atoms with E-state index in [1.165, 1.54) is 12.1 Å². The minimum atomic E-state index is -3.62. The Morgan fingerprint density at radius 1 is 0.862 bits per heavy atom. The van der Waals surface area contributed by atoms with Gasteiger partial charge in [-0.25, -0.2) is 13.1 Å². The van der Waals surface area contributed by atoms with Crippen LogP contribution < -0.4 is 14.8 Å². The second kappa shape index (κ2) is 8.06. The molecule has 0 aliphatic heterocycles. The van der Waals surface area contributed by atoms with Crippen LogP contribution in [0.3, 0.4) is 0 Å². The predicted molar refractivity (Wildman–Crippen MR) is 111 cm³/mol. The van der Waals surface area contributed by atoms with Crippen molar-refractivity contribution >= 4 is 21.6 Å². The highest BCUT2D eigenvalue weighted by atomic mass is 32.2. The number of hydrogen-bond acceptors (Lipinski definition) is 4. The summed E-state index contributed by atoms with van der Waals surface area (Å²) in [6.45, 7) is 0. The Morgan fingerprint density at radius 3 is 2.34 bits per heavy atom. The molecule has 0 unspecified atom stereocenters. The maximum atomic E-state index is 12.6. The number of benzene rings is 3. The zero-order chi connectivity index (χ0) is 20.3. The Balaban J connectivity index is 1.48. The highest BCUT2D eigenvalue weighted by molar-refractivity contribution is 7.89. The zero-order valence-electron chi connectivity index (χ0n) is 15.5. The maximum Gasteiger partial charge on any atom is 0.255 e. The molecule has 0 heterocycles. The third-order valence-corrected chi connectivity index (χ3v) is 5.89. The number of hydrogen-bond donors (Lipinski definition) is 2. The molecule has 1 fully saturated rings. The topological polar surface area (TPSA) is 84.5 Å². The smallest absolute Gasteiger partial charge is 0.255 e. The van der Waals surface area contributed by atoms with Gasteiger partial charge in [0.25, 0.3) is 5.91 Å². The van der Waals surface area contributed by atoms with Crippen molar-refractivity contribution in [1.29, 1.82) is 0 Å². The fraction of sp³-hybridized carbons (Fsp3) is 0.136. The normalized spacial score (nSPS) is 13.7. The lowest BCUT2D eigenvalue weighted by atomic mass is 10.2. The van der Waals surface area contributed by atoms with Gasteiger partial charge in [0.2, 0.25) is 10.0 Å². The summed E-state index contributed by atoms with van der Waals surface area (Å²) in [6.07, 6.45) is 1.70. The van der Waals surface area contributed by atoms with Gasteiger partial charge in [-0.15, -0.1) is 0 Å². The van der Waals surface area contributed by atoms with Gasteiger partial charge >= 0.3 is 0 Å². The van der Waals surface area contributed by atoms with Crippen LogP contribution in [0.25, 0.3) is 0 Å². The third-order valence-electron chi connectivity index (χ3n) is 4.38. The number of rotatable bonds is 7. The lowest BCUT2D eigenvalue weighted by Gasteiger charge is -2.10. The van der Waals surface area contributed by atoms with Gasteiger partial charge in [0.1, 0.15) is 11.5 Å². The van der Waals surface area contributed by atoms with Crippen molar-refractivity contribution in [2.75, 3.05) is 5.32 Å². The lowest BCUT2D eigenvalue weighted by Crippen LogP contribution is -2.26. The van der Waals surface area contributed by atoms with Crippen LogP contribution in [0.4, 0.5) is 5.69 Å². The maximum absolute atomic E-state index is 12.6. The predicted octanol–water partition coefficient (Wildman–Crippen LogP) is 4.17. The molecule has 29 heavy (non-hydrogen) atoms. The number of anilines is 1. The van der Waals surface area contributed by atoms with E-state index in [1.807, 2.05) is 30.3 Å². The van der Waals surface area contributed by atoms with Gasteiger partial charge in [-0.2, -0.15) is 0 Å². The van der Waals surface area contributed by atoms with Crippen LogP contribution >= 0.6 is 0 Å². The Labute approximate surface area is 169 Å². The van der Waals surface area contributed by atoms with Crippen LogP contribution in [0.5, 0.6) is 11.5 Å². The molecule has 6 nitrogen and oxygen atoms in total. The molecule has 1 saturated carbocycles. The number of sulfonamides is 1. The first kappa shape index (κ1) is 19.2. The molecule has 148 valence electrons. The monoisotopic (exact) mass is 408 g/mol. The Morgan fingerprint density at radius 2 is 1.59 bits per heavy atom. The van der Waals surface area contributed by atoms with Gasteiger partial charge in [0.05, 0.1) is 4.90 Å². The zero-order valence-corrected chi connectivity index (χ0v) is 16.4. The van der Waals surface area contributed by atoms with E-state index in [2.05, 4.69) is 10.0 Å². The third kappa shape index (κ3) is 5.01. The van der Waals surface area contributed by atoms with Gasteiger partial charge < -0.3 is 10.1 Å². The average Bonchev–Trinajstić information content (AvgIpc) is 3.52. The molecular formula is C22H20N2O4S. The van der Waals surface area contributed by atoms with E-state index in [0.717, 1.165) is 12.8 Å². The van der Waals surface area contributed by atoms with Gasteiger partial charge in [-0.3, -0.25) is 4.79 Å². The first-order valence-corrected chi connectivity index (χ1v) is 10.7. The highest BCUT2D eigenvalue weighted by Crippen LogP contribution is 2.25. The van der Waals surface area contributed by atoms with Crippen molar-refractivity contribution < 1.29 is 17.9 Å². The summed E-state index contributed by atoms with van der Waals surface area (Å²) in [6, 6.07) is 22.3. The first-order valence-electron chi connectivity index (χ1n) is 9.26. The summed E-state index contributed by atoms with van der Waals surface area (Å²) in [5.41, 5.74) is 0.811. The summed E-state index contributed by atoms with van der Waals surface area (Å²) in [7, 11) is -3.62. The van der Waals surface area contributed by atoms with Crippen LogP contribution in [-0.2, 0) is 10.0 Å². The Kier molecular flexibility index (Phi) is 5.33. The van der Waals surface area contributed by atoms with E-state index in [-0.39, 0.29) is 16.5 Å². The van der Waals surface area contributed by atoms with E-state index in [9.17, 15) is 13.2 Å². The van der Waals surface area contributed by atoms with Crippen LogP contribution in [-0.4, -0.2) is 20.4 Å². The Hall–Kier alpha value is -3.16. The fourth-order valence-electron chi connectivity index (χ4n) is 2.76. The molecule has 1 aliphatic carbocycles. The van der Waals surface area contributed by atoms with Crippen LogP contribution in [0.1, 0.15) is 23.2 Å². The van der Waals surface area contributed by atoms with E-state index in [4.69, 9.17) is 4.74 Å². The van der Waals surface area contributed by atoms with E-state index >= 15 is 0 Å². The summed E-state index contributed by atoms with van der Waals surface area (Å²) >= 11 is 0. The molecule has 0 bridgehead atoms. The number of carbonyl (C=O) groups excluding carboxylic acids is 1. The molecule has 7 heteroatoms. The van der Waals surface area contributed by atoms with Gasteiger partial charge in [0, 0.05) is 23.4 Å². The molecule has 0 atom stereocenters. The number of para-hydroxylation sites is 1. The summed E-state index contributed by atoms with van der Waals surface area (Å²) in [5.74, 6) is 0.876. The lowest BCUT2D eigenvalue weighted by molar-refractivity contribution is 0.102. The number of nitrogens with one attached hydrogen (secondary N) is 2. The van der Waals surface area contributed by atoms with Crippen molar-refractivity contribution in [3.05, 3.63) is 84.4 Å². The summed E-state index contributed by atoms with van der Waals surface area (Å²) in [4.78, 5) is 12.7. The molecule has 0 saturated heterocycles. The largest absolute Gasteiger partial charge is 0.457 e. The van der Waals surface area contributed by atoms with Gasteiger partial charge in [0.15, 0.2) is 0 Å². The fourth-order valence-corrected chi connectivity index (χ4v) is 4.11. The number of ether oxygens (including phenoxy) is 1. The van der Waals surface area contributed by atoms with E-state index in [1.54, 1.807) is 36.4 Å². The quantitative estimate of drug-likeness (QED) is 0.614. The number of carbonyl (C=O) groups is 1. The molecule has 1 aliphatic rings. The minimum Gasteiger partial charge on any atom is -0.457 e. The van der Waals surface area contributed by atoms with Crippen molar-refractivity contribution in [3.63, 3.8) is 0 Å². The van der Waals surface area contributed by atoms with Gasteiger partial charge in [-0.05, 0) is 55.3 Å². The molecule has 0 aromatic heterocycles. The second-order valence-corrected chi connectivity index (χ2v) is 8.53. The van der Waals surface area contributed by atoms with Gasteiger partial charge in [-0.1, -0.05) is 30.3 Å².